The van der Waals surface area contributed by atoms with E-state index in [2.05, 4.69) is 22.2 Å². The average Bonchev–Trinajstić information content (AvgIpc) is 3.55. The number of hydrogen-bond donors (Lipinski definition) is 2. The predicted octanol–water partition coefficient (Wildman–Crippen LogP) is 7.07. The summed E-state index contributed by atoms with van der Waals surface area (Å²) in [6, 6.07) is 17.2. The van der Waals surface area contributed by atoms with Crippen molar-refractivity contribution in [3.05, 3.63) is 87.3 Å². The van der Waals surface area contributed by atoms with E-state index in [0.717, 1.165) is 29.6 Å². The van der Waals surface area contributed by atoms with Crippen LogP contribution in [0.25, 0.3) is 10.9 Å². The third-order valence-electron chi connectivity index (χ3n) is 7.02. The van der Waals surface area contributed by atoms with Gasteiger partial charge in [-0.25, -0.2) is 4.39 Å². The largest absolute Gasteiger partial charge is 0.494 e. The van der Waals surface area contributed by atoms with Gasteiger partial charge in [0.25, 0.3) is 5.91 Å². The van der Waals surface area contributed by atoms with Gasteiger partial charge in [-0.15, -0.1) is 0 Å². The summed E-state index contributed by atoms with van der Waals surface area (Å²) in [6.07, 6.45) is 3.41. The molecule has 10 heteroatoms. The van der Waals surface area contributed by atoms with Crippen molar-refractivity contribution in [2.75, 3.05) is 20.2 Å². The summed E-state index contributed by atoms with van der Waals surface area (Å²) in [7, 11) is 2.15. The SMILES string of the molecule is CN1CCCC1CCOc1ccc2[nH]c(C(=O)NCc3ccc(Cl)c(Oc4cc(Cl)cc(C#N)c4)c3F)cc2c1. The van der Waals surface area contributed by atoms with Gasteiger partial charge in [-0.2, -0.15) is 5.26 Å². The fourth-order valence-electron chi connectivity index (χ4n) is 4.86. The summed E-state index contributed by atoms with van der Waals surface area (Å²) in [5.41, 5.74) is 1.57. The summed E-state index contributed by atoms with van der Waals surface area (Å²) in [6.45, 7) is 1.67. The van der Waals surface area contributed by atoms with Crippen LogP contribution < -0.4 is 14.8 Å². The van der Waals surface area contributed by atoms with Crippen molar-refractivity contribution in [1.29, 1.82) is 5.26 Å². The van der Waals surface area contributed by atoms with Gasteiger partial charge in [-0.3, -0.25) is 4.79 Å². The molecule has 1 amide bonds. The highest BCUT2D eigenvalue weighted by Gasteiger charge is 2.21. The molecule has 2 heterocycles. The first kappa shape index (κ1) is 27.8. The molecule has 1 aliphatic rings. The van der Waals surface area contributed by atoms with Crippen LogP contribution in [0.4, 0.5) is 4.39 Å². The van der Waals surface area contributed by atoms with E-state index in [1.54, 1.807) is 6.07 Å². The van der Waals surface area contributed by atoms with Crippen LogP contribution in [-0.4, -0.2) is 42.0 Å². The van der Waals surface area contributed by atoms with Gasteiger partial charge in [0.15, 0.2) is 11.6 Å². The summed E-state index contributed by atoms with van der Waals surface area (Å²) >= 11 is 12.2. The maximum absolute atomic E-state index is 15.3. The normalized spacial score (nSPS) is 15.2. The van der Waals surface area contributed by atoms with E-state index in [0.29, 0.717) is 18.3 Å². The lowest BCUT2D eigenvalue weighted by Gasteiger charge is -2.19. The van der Waals surface area contributed by atoms with Crippen molar-refractivity contribution in [3.8, 4) is 23.3 Å². The smallest absolute Gasteiger partial charge is 0.267 e. The first-order valence-electron chi connectivity index (χ1n) is 12.9. The van der Waals surface area contributed by atoms with E-state index in [1.165, 1.54) is 43.2 Å². The second kappa shape index (κ2) is 12.2. The van der Waals surface area contributed by atoms with E-state index in [1.807, 2.05) is 24.3 Å². The first-order chi connectivity index (χ1) is 19.3. The summed E-state index contributed by atoms with van der Waals surface area (Å²) in [5, 5.41) is 13.0. The Balaban J connectivity index is 1.23. The Bertz CT molecular complexity index is 1600. The Kier molecular flexibility index (Phi) is 8.46. The molecule has 0 aliphatic carbocycles. The zero-order valence-corrected chi connectivity index (χ0v) is 23.3. The molecule has 40 heavy (non-hydrogen) atoms. The predicted molar refractivity (Wildman–Crippen MR) is 153 cm³/mol. The molecule has 0 bridgehead atoms. The fraction of sp³-hybridized carbons (Fsp3) is 0.267. The summed E-state index contributed by atoms with van der Waals surface area (Å²) < 4.78 is 26.9. The van der Waals surface area contributed by atoms with Crippen LogP contribution >= 0.6 is 23.2 Å². The molecule has 1 saturated heterocycles. The quantitative estimate of drug-likeness (QED) is 0.221. The molecule has 2 N–H and O–H groups in total. The molecule has 1 aliphatic heterocycles. The number of fused-ring (bicyclic) bond motifs is 1. The highest BCUT2D eigenvalue weighted by Crippen LogP contribution is 2.35. The Morgan fingerprint density at radius 2 is 2.02 bits per heavy atom. The van der Waals surface area contributed by atoms with E-state index in [9.17, 15) is 4.79 Å². The topological polar surface area (TPSA) is 90.4 Å². The first-order valence-corrected chi connectivity index (χ1v) is 13.7. The second-order valence-electron chi connectivity index (χ2n) is 9.77. The number of carbonyl (C=O) groups is 1. The lowest BCUT2D eigenvalue weighted by Crippen LogP contribution is -2.26. The maximum atomic E-state index is 15.3. The number of benzene rings is 3. The fourth-order valence-corrected chi connectivity index (χ4v) is 5.27. The zero-order valence-electron chi connectivity index (χ0n) is 21.8. The van der Waals surface area contributed by atoms with Gasteiger partial charge in [0.05, 0.1) is 23.3 Å². The lowest BCUT2D eigenvalue weighted by molar-refractivity contribution is 0.0946. The molecule has 0 saturated carbocycles. The van der Waals surface area contributed by atoms with Gasteiger partial charge < -0.3 is 24.7 Å². The maximum Gasteiger partial charge on any atom is 0.267 e. The number of carbonyl (C=O) groups excluding carboxylic acids is 1. The zero-order chi connectivity index (χ0) is 28.2. The number of aromatic amines is 1. The van der Waals surface area contributed by atoms with Crippen molar-refractivity contribution in [3.63, 3.8) is 0 Å². The van der Waals surface area contributed by atoms with Crippen molar-refractivity contribution in [2.24, 2.45) is 0 Å². The van der Waals surface area contributed by atoms with Gasteiger partial charge >= 0.3 is 0 Å². The molecule has 1 fully saturated rings. The highest BCUT2D eigenvalue weighted by molar-refractivity contribution is 6.32. The molecule has 1 aromatic heterocycles. The number of nitriles is 1. The Hall–Kier alpha value is -3.77. The molecule has 3 aromatic carbocycles. The van der Waals surface area contributed by atoms with Crippen LogP contribution in [0, 0.1) is 17.1 Å². The van der Waals surface area contributed by atoms with E-state index in [-0.39, 0.29) is 39.2 Å². The van der Waals surface area contributed by atoms with E-state index < -0.39 is 11.7 Å². The number of likely N-dealkylation sites (tertiary alicyclic amines) is 1. The van der Waals surface area contributed by atoms with Gasteiger partial charge in [0.1, 0.15) is 17.2 Å². The van der Waals surface area contributed by atoms with Crippen LogP contribution in [0.3, 0.4) is 0 Å². The molecular weight excluding hydrogens is 554 g/mol. The molecule has 1 atom stereocenters. The molecule has 4 aromatic rings. The van der Waals surface area contributed by atoms with Crippen LogP contribution in [-0.2, 0) is 6.54 Å². The Morgan fingerprint density at radius 1 is 1.18 bits per heavy atom. The number of nitrogens with zero attached hydrogens (tertiary/aromatic N) is 2. The number of hydrogen-bond acceptors (Lipinski definition) is 5. The molecule has 0 spiro atoms. The Morgan fingerprint density at radius 3 is 2.80 bits per heavy atom. The molecular formula is C30H27Cl2FN4O3. The van der Waals surface area contributed by atoms with Crippen molar-refractivity contribution in [2.45, 2.75) is 31.8 Å². The monoisotopic (exact) mass is 580 g/mol. The molecule has 206 valence electrons. The minimum Gasteiger partial charge on any atom is -0.494 e. The number of ether oxygens (including phenoxy) is 2. The van der Waals surface area contributed by atoms with Crippen molar-refractivity contribution in [1.82, 2.24) is 15.2 Å². The standard InChI is InChI=1S/C30H27Cl2FN4O3/c1-37-9-2-3-22(37)8-10-39-23-5-7-26-20(13-23)14-27(36-26)30(38)35-17-19-4-6-25(32)29(28(19)33)40-24-12-18(16-34)11-21(31)15-24/h4-7,11-15,22,36H,2-3,8-10,17H2,1H3,(H,35,38). The molecule has 7 nitrogen and oxygen atoms in total. The van der Waals surface area contributed by atoms with Crippen LogP contribution in [0.5, 0.6) is 17.2 Å². The minimum absolute atomic E-state index is 0.0370. The number of rotatable bonds is 9. The summed E-state index contributed by atoms with van der Waals surface area (Å²) in [4.78, 5) is 18.4. The van der Waals surface area contributed by atoms with Gasteiger partial charge in [-0.1, -0.05) is 29.3 Å². The highest BCUT2D eigenvalue weighted by atomic mass is 35.5. The number of amides is 1. The molecule has 0 radical (unpaired) electrons. The minimum atomic E-state index is -0.728. The van der Waals surface area contributed by atoms with Gasteiger partial charge in [0.2, 0.25) is 0 Å². The van der Waals surface area contributed by atoms with E-state index >= 15 is 4.39 Å². The van der Waals surface area contributed by atoms with Gasteiger partial charge in [-0.05, 0) is 81.4 Å². The molecule has 1 unspecified atom stereocenters. The van der Waals surface area contributed by atoms with Crippen molar-refractivity contribution < 1.29 is 18.7 Å². The Labute approximate surface area is 241 Å². The van der Waals surface area contributed by atoms with Crippen molar-refractivity contribution >= 4 is 40.0 Å². The number of H-pyrrole nitrogens is 1. The summed E-state index contributed by atoms with van der Waals surface area (Å²) in [5.74, 6) is -0.436. The lowest BCUT2D eigenvalue weighted by atomic mass is 10.1. The number of nitrogens with one attached hydrogen (secondary N) is 2. The number of aromatic nitrogens is 1. The third kappa shape index (κ3) is 6.34. The van der Waals surface area contributed by atoms with Crippen LogP contribution in [0.1, 0.15) is 40.9 Å². The van der Waals surface area contributed by atoms with Crippen LogP contribution in [0.2, 0.25) is 10.0 Å². The number of halogens is 3. The average molecular weight is 581 g/mol. The molecule has 5 rings (SSSR count). The third-order valence-corrected chi connectivity index (χ3v) is 7.53. The second-order valence-corrected chi connectivity index (χ2v) is 10.6. The van der Waals surface area contributed by atoms with Crippen LogP contribution in [0.15, 0.2) is 54.6 Å². The van der Waals surface area contributed by atoms with E-state index in [4.69, 9.17) is 37.9 Å². The van der Waals surface area contributed by atoms with Gasteiger partial charge in [0, 0.05) is 34.1 Å².